The van der Waals surface area contributed by atoms with Crippen LogP contribution in [0.3, 0.4) is 0 Å². The molecule has 7 heteroatoms. The third kappa shape index (κ3) is 4.47. The van der Waals surface area contributed by atoms with Crippen molar-refractivity contribution < 1.29 is 9.32 Å². The average molecular weight is 399 g/mol. The van der Waals surface area contributed by atoms with Gasteiger partial charge in [0, 0.05) is 22.8 Å². The number of hydrogen-bond acceptors (Lipinski definition) is 6. The van der Waals surface area contributed by atoms with Gasteiger partial charge in [-0.15, -0.1) is 11.3 Å². The fourth-order valence-corrected chi connectivity index (χ4v) is 4.28. The molecule has 0 aliphatic carbocycles. The van der Waals surface area contributed by atoms with E-state index in [0.717, 1.165) is 29.7 Å². The largest absolute Gasteiger partial charge is 0.339 e. The van der Waals surface area contributed by atoms with Crippen molar-refractivity contribution in [1.29, 1.82) is 0 Å². The lowest BCUT2D eigenvalue weighted by Gasteiger charge is -2.18. The zero-order chi connectivity index (χ0) is 20.1. The summed E-state index contributed by atoms with van der Waals surface area (Å²) < 4.78 is 5.48. The van der Waals surface area contributed by atoms with Crippen molar-refractivity contribution in [2.24, 2.45) is 5.92 Å². The number of pyridine rings is 1. The lowest BCUT2D eigenvalue weighted by molar-refractivity contribution is 0.0918. The first-order chi connectivity index (χ1) is 13.5. The Morgan fingerprint density at radius 1 is 1.25 bits per heavy atom. The summed E-state index contributed by atoms with van der Waals surface area (Å²) in [5.41, 5.74) is 2.09. The van der Waals surface area contributed by atoms with Gasteiger partial charge >= 0.3 is 0 Å². The van der Waals surface area contributed by atoms with E-state index in [1.165, 1.54) is 10.4 Å². The first-order valence-corrected chi connectivity index (χ1v) is 10.5. The molecule has 0 aromatic carbocycles. The molecule has 3 heterocycles. The highest BCUT2D eigenvalue weighted by atomic mass is 32.1. The lowest BCUT2D eigenvalue weighted by Crippen LogP contribution is -2.31. The fraction of sp³-hybridized carbons (Fsp3) is 0.429. The maximum absolute atomic E-state index is 12.9. The van der Waals surface area contributed by atoms with E-state index in [1.54, 1.807) is 23.7 Å². The number of amides is 1. The first kappa shape index (κ1) is 20.2. The van der Waals surface area contributed by atoms with Crippen LogP contribution in [-0.2, 0) is 12.8 Å². The quantitative estimate of drug-likeness (QED) is 0.587. The van der Waals surface area contributed by atoms with E-state index in [4.69, 9.17) is 4.52 Å². The lowest BCUT2D eigenvalue weighted by atomic mass is 10.0. The summed E-state index contributed by atoms with van der Waals surface area (Å²) in [5, 5.41) is 7.15. The van der Waals surface area contributed by atoms with Gasteiger partial charge in [-0.25, -0.2) is 0 Å². The molecule has 1 amide bonds. The molecule has 6 nitrogen and oxygen atoms in total. The normalized spacial score (nSPS) is 12.3. The molecule has 0 saturated carbocycles. The van der Waals surface area contributed by atoms with Crippen LogP contribution >= 0.6 is 11.3 Å². The fourth-order valence-electron chi connectivity index (χ4n) is 3.02. The van der Waals surface area contributed by atoms with E-state index in [-0.39, 0.29) is 17.9 Å². The Hall–Kier alpha value is -2.54. The van der Waals surface area contributed by atoms with E-state index in [9.17, 15) is 4.79 Å². The molecule has 0 bridgehead atoms. The molecule has 0 aliphatic heterocycles. The van der Waals surface area contributed by atoms with Crippen molar-refractivity contribution in [2.45, 2.75) is 53.0 Å². The number of nitrogens with zero attached hydrogens (tertiary/aromatic N) is 3. The van der Waals surface area contributed by atoms with Gasteiger partial charge in [0.1, 0.15) is 6.04 Å². The number of nitrogens with one attached hydrogen (secondary N) is 1. The molecular formula is C21H26N4O2S. The summed E-state index contributed by atoms with van der Waals surface area (Å²) in [5.74, 6) is 0.919. The summed E-state index contributed by atoms with van der Waals surface area (Å²) in [6.07, 6.45) is 6.38. The highest BCUT2D eigenvalue weighted by molar-refractivity contribution is 7.14. The third-order valence-corrected chi connectivity index (χ3v) is 5.81. The third-order valence-electron chi connectivity index (χ3n) is 4.58. The molecule has 28 heavy (non-hydrogen) atoms. The molecule has 1 unspecified atom stereocenters. The Bertz CT molecular complexity index is 918. The van der Waals surface area contributed by atoms with Gasteiger partial charge in [0.25, 0.3) is 5.91 Å². The zero-order valence-electron chi connectivity index (χ0n) is 16.7. The predicted molar refractivity (Wildman–Crippen MR) is 110 cm³/mol. The van der Waals surface area contributed by atoms with Crippen molar-refractivity contribution >= 4 is 17.2 Å². The van der Waals surface area contributed by atoms with Crippen LogP contribution in [0.1, 0.15) is 66.2 Å². The van der Waals surface area contributed by atoms with Crippen molar-refractivity contribution in [2.75, 3.05) is 0 Å². The molecule has 1 N–H and O–H groups in total. The molecule has 0 saturated heterocycles. The van der Waals surface area contributed by atoms with E-state index < -0.39 is 0 Å². The van der Waals surface area contributed by atoms with Crippen LogP contribution in [0.4, 0.5) is 0 Å². The Labute approximate surface area is 169 Å². The average Bonchev–Trinajstić information content (AvgIpc) is 3.34. The number of aryl methyl sites for hydroxylation is 2. The van der Waals surface area contributed by atoms with Gasteiger partial charge in [-0.1, -0.05) is 39.3 Å². The van der Waals surface area contributed by atoms with Gasteiger partial charge < -0.3 is 9.84 Å². The zero-order valence-corrected chi connectivity index (χ0v) is 17.5. The molecule has 0 spiro atoms. The molecule has 0 fully saturated rings. The van der Waals surface area contributed by atoms with Crippen LogP contribution in [0.2, 0.25) is 0 Å². The van der Waals surface area contributed by atoms with Gasteiger partial charge in [-0.2, -0.15) is 4.98 Å². The number of rotatable bonds is 8. The van der Waals surface area contributed by atoms with Crippen molar-refractivity contribution in [3.63, 3.8) is 0 Å². The first-order valence-electron chi connectivity index (χ1n) is 9.69. The number of thiophene rings is 1. The summed E-state index contributed by atoms with van der Waals surface area (Å²) in [4.78, 5) is 23.4. The Balaban J connectivity index is 1.80. The van der Waals surface area contributed by atoms with Crippen molar-refractivity contribution in [3.8, 4) is 11.4 Å². The molecule has 3 aromatic rings. The van der Waals surface area contributed by atoms with E-state index in [2.05, 4.69) is 34.3 Å². The van der Waals surface area contributed by atoms with Gasteiger partial charge in [0.2, 0.25) is 11.7 Å². The smallest absolute Gasteiger partial charge is 0.262 e. The van der Waals surface area contributed by atoms with E-state index >= 15 is 0 Å². The van der Waals surface area contributed by atoms with Crippen LogP contribution < -0.4 is 5.32 Å². The molecule has 3 rings (SSSR count). The predicted octanol–water partition coefficient (Wildman–Crippen LogP) is 4.84. The Kier molecular flexibility index (Phi) is 6.57. The van der Waals surface area contributed by atoms with Crippen LogP contribution in [-0.4, -0.2) is 21.0 Å². The van der Waals surface area contributed by atoms with Gasteiger partial charge in [0.15, 0.2) is 0 Å². The number of hydrogen-bond donors (Lipinski definition) is 1. The molecule has 0 radical (unpaired) electrons. The SMILES string of the molecule is CCCc1sc(C(=O)NC(c2nc(-c3ccncc3)no2)C(C)C)cc1CC. The highest BCUT2D eigenvalue weighted by Crippen LogP contribution is 2.27. The monoisotopic (exact) mass is 398 g/mol. The topological polar surface area (TPSA) is 80.9 Å². The molecule has 1 atom stereocenters. The highest BCUT2D eigenvalue weighted by Gasteiger charge is 2.26. The summed E-state index contributed by atoms with van der Waals surface area (Å²) in [6.45, 7) is 8.33. The number of aromatic nitrogens is 3. The van der Waals surface area contributed by atoms with Gasteiger partial charge in [-0.3, -0.25) is 9.78 Å². The number of carbonyl (C=O) groups is 1. The second-order valence-corrected chi connectivity index (χ2v) is 8.19. The van der Waals surface area contributed by atoms with Crippen molar-refractivity contribution in [3.05, 3.63) is 51.8 Å². The molecule has 3 aromatic heterocycles. The van der Waals surface area contributed by atoms with Crippen LogP contribution in [0.25, 0.3) is 11.4 Å². The van der Waals surface area contributed by atoms with E-state index in [0.29, 0.717) is 11.7 Å². The second kappa shape index (κ2) is 9.10. The van der Waals surface area contributed by atoms with Gasteiger partial charge in [-0.05, 0) is 42.5 Å². The Morgan fingerprint density at radius 2 is 2.00 bits per heavy atom. The van der Waals surface area contributed by atoms with Crippen LogP contribution in [0.5, 0.6) is 0 Å². The summed E-state index contributed by atoms with van der Waals surface area (Å²) in [6, 6.07) is 5.31. The Morgan fingerprint density at radius 3 is 2.64 bits per heavy atom. The molecule has 0 aliphatic rings. The van der Waals surface area contributed by atoms with Crippen LogP contribution in [0, 0.1) is 5.92 Å². The number of carbonyl (C=O) groups excluding carboxylic acids is 1. The summed E-state index contributed by atoms with van der Waals surface area (Å²) >= 11 is 1.58. The molecular weight excluding hydrogens is 372 g/mol. The van der Waals surface area contributed by atoms with E-state index in [1.807, 2.05) is 32.0 Å². The second-order valence-electron chi connectivity index (χ2n) is 7.05. The molecule has 148 valence electrons. The minimum Gasteiger partial charge on any atom is -0.339 e. The maximum atomic E-state index is 12.9. The standard InChI is InChI=1S/C21H26N4O2S/c1-5-7-16-14(6-2)12-17(28-16)20(26)23-18(13(3)4)21-24-19(25-27-21)15-8-10-22-11-9-15/h8-13,18H,5-7H2,1-4H3,(H,23,26). The van der Waals surface area contributed by atoms with Gasteiger partial charge in [0.05, 0.1) is 4.88 Å². The summed E-state index contributed by atoms with van der Waals surface area (Å²) in [7, 11) is 0. The minimum absolute atomic E-state index is 0.0931. The maximum Gasteiger partial charge on any atom is 0.262 e. The van der Waals surface area contributed by atoms with Crippen molar-refractivity contribution in [1.82, 2.24) is 20.4 Å². The van der Waals surface area contributed by atoms with Crippen LogP contribution in [0.15, 0.2) is 35.1 Å². The minimum atomic E-state index is -0.350.